The molecule has 10 nitrogen and oxygen atoms in total. The molecule has 34 heavy (non-hydrogen) atoms. The molecule has 1 saturated heterocycles. The first-order chi connectivity index (χ1) is 16.2. The van der Waals surface area contributed by atoms with E-state index in [1.54, 1.807) is 12.1 Å². The van der Waals surface area contributed by atoms with Crippen LogP contribution in [0.1, 0.15) is 10.5 Å². The van der Waals surface area contributed by atoms with Gasteiger partial charge in [-0.3, -0.25) is 9.78 Å². The Kier molecular flexibility index (Phi) is 6.50. The second-order valence-electron chi connectivity index (χ2n) is 7.65. The third-order valence-electron chi connectivity index (χ3n) is 5.31. The van der Waals surface area contributed by atoms with E-state index in [1.165, 1.54) is 12.4 Å². The van der Waals surface area contributed by atoms with Gasteiger partial charge in [0.2, 0.25) is 10.0 Å². The molecular formula is C21H21F2N7O3S. The minimum absolute atomic E-state index is 0.167. The summed E-state index contributed by atoms with van der Waals surface area (Å²) in [5.41, 5.74) is 5.27. The predicted molar refractivity (Wildman–Crippen MR) is 120 cm³/mol. The Bertz CT molecular complexity index is 1330. The van der Waals surface area contributed by atoms with Gasteiger partial charge in [0.1, 0.15) is 16.5 Å². The highest BCUT2D eigenvalue weighted by atomic mass is 32.2. The molecule has 0 atom stereocenters. The number of hydrogen-bond donors (Lipinski definition) is 2. The second-order valence-corrected chi connectivity index (χ2v) is 9.56. The van der Waals surface area contributed by atoms with Gasteiger partial charge in [-0.25, -0.2) is 27.2 Å². The molecule has 0 radical (unpaired) electrons. The van der Waals surface area contributed by atoms with Crippen molar-refractivity contribution < 1.29 is 22.0 Å². The van der Waals surface area contributed by atoms with Crippen molar-refractivity contribution in [2.75, 3.05) is 44.3 Å². The Hall–Kier alpha value is -3.55. The van der Waals surface area contributed by atoms with Crippen molar-refractivity contribution >= 4 is 27.4 Å². The first kappa shape index (κ1) is 23.6. The molecule has 0 unspecified atom stereocenters. The van der Waals surface area contributed by atoms with Crippen molar-refractivity contribution in [3.05, 3.63) is 60.2 Å². The molecule has 1 aliphatic heterocycles. The summed E-state index contributed by atoms with van der Waals surface area (Å²) in [4.78, 5) is 25.5. The number of rotatable bonds is 5. The number of likely N-dealkylation sites (N-methyl/N-ethyl adjacent to an activating group) is 1. The van der Waals surface area contributed by atoms with Crippen LogP contribution < -0.4 is 11.1 Å². The topological polar surface area (TPSA) is 134 Å². The number of aromatic nitrogens is 3. The van der Waals surface area contributed by atoms with Crippen LogP contribution in [0.5, 0.6) is 0 Å². The van der Waals surface area contributed by atoms with Gasteiger partial charge in [0.15, 0.2) is 11.5 Å². The molecule has 3 N–H and O–H groups in total. The quantitative estimate of drug-likeness (QED) is 0.552. The number of halogens is 2. The highest BCUT2D eigenvalue weighted by molar-refractivity contribution is 7.89. The smallest absolute Gasteiger partial charge is 0.278 e. The maximum absolute atomic E-state index is 15.0. The molecule has 3 aromatic rings. The van der Waals surface area contributed by atoms with E-state index in [-0.39, 0.29) is 35.9 Å². The van der Waals surface area contributed by atoms with Crippen molar-refractivity contribution in [1.82, 2.24) is 24.2 Å². The number of piperazine rings is 1. The number of carbonyl (C=O) groups is 1. The lowest BCUT2D eigenvalue weighted by Crippen LogP contribution is -2.47. The third kappa shape index (κ3) is 4.71. The Morgan fingerprint density at radius 3 is 2.53 bits per heavy atom. The van der Waals surface area contributed by atoms with Gasteiger partial charge in [-0.05, 0) is 31.3 Å². The summed E-state index contributed by atoms with van der Waals surface area (Å²) < 4.78 is 56.8. The number of amides is 1. The largest absolute Gasteiger partial charge is 0.382 e. The molecule has 178 valence electrons. The highest BCUT2D eigenvalue weighted by Crippen LogP contribution is 2.29. The van der Waals surface area contributed by atoms with E-state index in [0.29, 0.717) is 24.8 Å². The number of hydrogen-bond acceptors (Lipinski definition) is 8. The lowest BCUT2D eigenvalue weighted by atomic mass is 10.1. The molecule has 0 spiro atoms. The monoisotopic (exact) mass is 489 g/mol. The molecule has 13 heteroatoms. The fourth-order valence-corrected chi connectivity index (χ4v) is 4.89. The summed E-state index contributed by atoms with van der Waals surface area (Å²) in [6.07, 6.45) is 4.00. The molecule has 4 rings (SSSR count). The van der Waals surface area contributed by atoms with E-state index in [4.69, 9.17) is 5.73 Å². The average Bonchev–Trinajstić information content (AvgIpc) is 2.81. The minimum Gasteiger partial charge on any atom is -0.382 e. The van der Waals surface area contributed by atoms with Crippen LogP contribution in [-0.2, 0) is 10.0 Å². The van der Waals surface area contributed by atoms with Crippen LogP contribution in [0.3, 0.4) is 0 Å². The van der Waals surface area contributed by atoms with Crippen LogP contribution in [0.2, 0.25) is 0 Å². The Balaban J connectivity index is 1.66. The first-order valence-corrected chi connectivity index (χ1v) is 11.6. The van der Waals surface area contributed by atoms with Gasteiger partial charge in [0.25, 0.3) is 5.91 Å². The number of nitrogens with zero attached hydrogens (tertiary/aromatic N) is 5. The zero-order valence-electron chi connectivity index (χ0n) is 18.1. The Morgan fingerprint density at radius 1 is 1.12 bits per heavy atom. The molecule has 3 heterocycles. The van der Waals surface area contributed by atoms with Gasteiger partial charge in [0.05, 0.1) is 23.8 Å². The molecule has 0 saturated carbocycles. The summed E-state index contributed by atoms with van der Waals surface area (Å²) in [6.45, 7) is 1.29. The molecule has 1 aliphatic rings. The normalized spacial score (nSPS) is 15.3. The SMILES string of the molecule is CN1CCN(S(=O)(=O)c2cc(F)c(-c3cnc(N)c(C(=O)Nc4cccnc4)n3)cc2F)CC1. The number of nitrogen functional groups attached to an aromatic ring is 1. The molecule has 1 amide bonds. The fourth-order valence-electron chi connectivity index (χ4n) is 3.41. The van der Waals surface area contributed by atoms with E-state index < -0.39 is 32.5 Å². The van der Waals surface area contributed by atoms with Crippen LogP contribution >= 0.6 is 0 Å². The molecule has 2 aromatic heterocycles. The van der Waals surface area contributed by atoms with Crippen molar-refractivity contribution in [2.45, 2.75) is 4.90 Å². The highest BCUT2D eigenvalue weighted by Gasteiger charge is 2.31. The minimum atomic E-state index is -4.23. The standard InChI is InChI=1S/C21H21F2N7O3S/c1-29-5-7-30(8-6-29)34(32,33)18-10-15(22)14(9-16(18)23)17-12-26-20(24)19(28-17)21(31)27-13-3-2-4-25-11-13/h2-4,9-12H,5-8H2,1H3,(H2,24,26)(H,27,31). The summed E-state index contributed by atoms with van der Waals surface area (Å²) in [5, 5.41) is 2.53. The maximum atomic E-state index is 15.0. The number of sulfonamides is 1. The van der Waals surface area contributed by atoms with Crippen LogP contribution in [0.25, 0.3) is 11.3 Å². The lowest BCUT2D eigenvalue weighted by molar-refractivity contribution is 0.102. The first-order valence-electron chi connectivity index (χ1n) is 10.2. The zero-order chi connectivity index (χ0) is 24.5. The van der Waals surface area contributed by atoms with E-state index in [9.17, 15) is 22.0 Å². The van der Waals surface area contributed by atoms with Crippen LogP contribution in [0, 0.1) is 11.6 Å². The third-order valence-corrected chi connectivity index (χ3v) is 7.23. The van der Waals surface area contributed by atoms with Crippen molar-refractivity contribution in [3.63, 3.8) is 0 Å². The average molecular weight is 490 g/mol. The van der Waals surface area contributed by atoms with Crippen LogP contribution in [0.4, 0.5) is 20.3 Å². The second kappa shape index (κ2) is 9.37. The maximum Gasteiger partial charge on any atom is 0.278 e. The summed E-state index contributed by atoms with van der Waals surface area (Å²) in [7, 11) is -2.39. The summed E-state index contributed by atoms with van der Waals surface area (Å²) >= 11 is 0. The van der Waals surface area contributed by atoms with Gasteiger partial charge in [-0.1, -0.05) is 0 Å². The summed E-state index contributed by atoms with van der Waals surface area (Å²) in [6, 6.07) is 4.54. The van der Waals surface area contributed by atoms with E-state index >= 15 is 0 Å². The van der Waals surface area contributed by atoms with Gasteiger partial charge in [-0.2, -0.15) is 4.31 Å². The zero-order valence-corrected chi connectivity index (χ0v) is 18.9. The van der Waals surface area contributed by atoms with Crippen molar-refractivity contribution in [1.29, 1.82) is 0 Å². The number of pyridine rings is 1. The van der Waals surface area contributed by atoms with Gasteiger partial charge < -0.3 is 16.0 Å². The van der Waals surface area contributed by atoms with E-state index in [2.05, 4.69) is 20.3 Å². The molecular weight excluding hydrogens is 468 g/mol. The van der Waals surface area contributed by atoms with Crippen molar-refractivity contribution in [2.24, 2.45) is 0 Å². The van der Waals surface area contributed by atoms with Crippen LogP contribution in [0.15, 0.2) is 47.8 Å². The Labute approximate surface area is 194 Å². The van der Waals surface area contributed by atoms with E-state index in [0.717, 1.165) is 16.6 Å². The van der Waals surface area contributed by atoms with Gasteiger partial charge in [-0.15, -0.1) is 0 Å². The number of nitrogens with one attached hydrogen (secondary N) is 1. The molecule has 1 fully saturated rings. The molecule has 0 bridgehead atoms. The molecule has 1 aromatic carbocycles. The lowest BCUT2D eigenvalue weighted by Gasteiger charge is -2.31. The summed E-state index contributed by atoms with van der Waals surface area (Å²) in [5.74, 6) is -3.13. The van der Waals surface area contributed by atoms with Gasteiger partial charge >= 0.3 is 0 Å². The predicted octanol–water partition coefficient (Wildman–Crippen LogP) is 1.59. The number of benzene rings is 1. The van der Waals surface area contributed by atoms with E-state index in [1.807, 2.05) is 11.9 Å². The van der Waals surface area contributed by atoms with Crippen molar-refractivity contribution in [3.8, 4) is 11.3 Å². The van der Waals surface area contributed by atoms with Crippen LogP contribution in [-0.4, -0.2) is 71.7 Å². The Morgan fingerprint density at radius 2 is 1.85 bits per heavy atom. The number of nitrogens with two attached hydrogens (primary N) is 1. The number of carbonyl (C=O) groups excluding carboxylic acids is 1. The molecule has 0 aliphatic carbocycles. The van der Waals surface area contributed by atoms with Gasteiger partial charge in [0, 0.05) is 37.9 Å². The fraction of sp³-hybridized carbons (Fsp3) is 0.238. The number of anilines is 2.